The van der Waals surface area contributed by atoms with Gasteiger partial charge in [-0.3, -0.25) is 4.79 Å². The topological polar surface area (TPSA) is 33.2 Å². The lowest BCUT2D eigenvalue weighted by Crippen LogP contribution is -2.18. The third kappa shape index (κ3) is 1.12. The summed E-state index contributed by atoms with van der Waals surface area (Å²) in [4.78, 5) is 17.6. The van der Waals surface area contributed by atoms with Crippen molar-refractivity contribution in [2.24, 2.45) is 0 Å². The quantitative estimate of drug-likeness (QED) is 0.614. The molecule has 1 aromatic heterocycles. The highest BCUT2D eigenvalue weighted by Gasteiger charge is 2.29. The van der Waals surface area contributed by atoms with Crippen LogP contribution in [0.4, 0.5) is 0 Å². The van der Waals surface area contributed by atoms with E-state index in [0.29, 0.717) is 11.7 Å². The highest BCUT2D eigenvalue weighted by atomic mass is 35.5. The van der Waals surface area contributed by atoms with E-state index in [-0.39, 0.29) is 5.91 Å². The summed E-state index contributed by atoms with van der Waals surface area (Å²) in [5, 5.41) is 0.504. The number of halogens is 1. The molecule has 74 valence electrons. The van der Waals surface area contributed by atoms with Crippen LogP contribution in [0.25, 0.3) is 0 Å². The summed E-state index contributed by atoms with van der Waals surface area (Å²) in [5.74, 6) is 0.0461. The van der Waals surface area contributed by atoms with Crippen LogP contribution < -0.4 is 0 Å². The maximum atomic E-state index is 11.7. The van der Waals surface area contributed by atoms with E-state index in [9.17, 15) is 4.79 Å². The first-order chi connectivity index (χ1) is 6.52. The van der Waals surface area contributed by atoms with Gasteiger partial charge in [-0.15, -0.1) is 0 Å². The molecule has 3 nitrogen and oxygen atoms in total. The highest BCUT2D eigenvalue weighted by Crippen LogP contribution is 2.28. The summed E-state index contributed by atoms with van der Waals surface area (Å²) in [6.07, 6.45) is 0. The van der Waals surface area contributed by atoms with E-state index in [1.54, 1.807) is 11.9 Å². The lowest BCUT2D eigenvalue weighted by Gasteiger charge is -2.06. The van der Waals surface area contributed by atoms with Crippen molar-refractivity contribution in [3.63, 3.8) is 0 Å². The third-order valence-corrected chi connectivity index (χ3v) is 3.08. The fourth-order valence-corrected chi connectivity index (χ4v) is 1.95. The van der Waals surface area contributed by atoms with Crippen LogP contribution in [-0.2, 0) is 6.54 Å². The Balaban J connectivity index is 2.71. The number of rotatable bonds is 0. The van der Waals surface area contributed by atoms with E-state index in [2.05, 4.69) is 4.98 Å². The van der Waals surface area contributed by atoms with Crippen molar-refractivity contribution in [1.82, 2.24) is 9.88 Å². The standard InChI is InChI=1S/C10H11ClN2O/c1-5-6(2)9(11)12-7-4-13(3)10(14)8(5)7/h4H2,1-3H3. The zero-order chi connectivity index (χ0) is 10.5. The van der Waals surface area contributed by atoms with Crippen molar-refractivity contribution in [1.29, 1.82) is 0 Å². The largest absolute Gasteiger partial charge is 0.336 e. The first-order valence-corrected chi connectivity index (χ1v) is 4.81. The normalized spacial score (nSPS) is 14.9. The van der Waals surface area contributed by atoms with E-state index >= 15 is 0 Å². The first kappa shape index (κ1) is 9.46. The summed E-state index contributed by atoms with van der Waals surface area (Å²) >= 11 is 5.95. The molecule has 0 aliphatic carbocycles. The number of carbonyl (C=O) groups is 1. The second kappa shape index (κ2) is 2.95. The lowest BCUT2D eigenvalue weighted by molar-refractivity contribution is 0.0815. The number of carbonyl (C=O) groups excluding carboxylic acids is 1. The average Bonchev–Trinajstić information content (AvgIpc) is 2.39. The van der Waals surface area contributed by atoms with Gasteiger partial charge in [0.2, 0.25) is 0 Å². The van der Waals surface area contributed by atoms with Crippen LogP contribution in [0.2, 0.25) is 5.15 Å². The zero-order valence-electron chi connectivity index (χ0n) is 8.39. The van der Waals surface area contributed by atoms with Gasteiger partial charge in [0.15, 0.2) is 0 Å². The van der Waals surface area contributed by atoms with Crippen LogP contribution in [0.3, 0.4) is 0 Å². The van der Waals surface area contributed by atoms with Gasteiger partial charge >= 0.3 is 0 Å². The van der Waals surface area contributed by atoms with Crippen molar-refractivity contribution in [3.05, 3.63) is 27.5 Å². The molecule has 0 aromatic carbocycles. The second-order valence-corrected chi connectivity index (χ2v) is 3.99. The van der Waals surface area contributed by atoms with Crippen LogP contribution in [0, 0.1) is 13.8 Å². The van der Waals surface area contributed by atoms with Crippen LogP contribution in [0.5, 0.6) is 0 Å². The monoisotopic (exact) mass is 210 g/mol. The van der Waals surface area contributed by atoms with Gasteiger partial charge in [0.1, 0.15) is 5.15 Å². The Hall–Kier alpha value is -1.09. The van der Waals surface area contributed by atoms with Gasteiger partial charge in [0.25, 0.3) is 5.91 Å². The molecule has 0 radical (unpaired) electrons. The minimum Gasteiger partial charge on any atom is -0.336 e. The van der Waals surface area contributed by atoms with E-state index < -0.39 is 0 Å². The molecule has 1 aliphatic heterocycles. The van der Waals surface area contributed by atoms with Crippen LogP contribution in [-0.4, -0.2) is 22.8 Å². The van der Waals surface area contributed by atoms with Gasteiger partial charge in [-0.05, 0) is 25.0 Å². The van der Waals surface area contributed by atoms with Gasteiger partial charge in [-0.2, -0.15) is 0 Å². The number of aromatic nitrogens is 1. The predicted molar refractivity (Wildman–Crippen MR) is 54.5 cm³/mol. The Labute approximate surface area is 87.7 Å². The molecule has 1 aromatic rings. The molecule has 1 amide bonds. The van der Waals surface area contributed by atoms with Gasteiger partial charge in [0.05, 0.1) is 17.8 Å². The summed E-state index contributed by atoms with van der Waals surface area (Å²) in [6, 6.07) is 0. The molecule has 0 atom stereocenters. The molecule has 1 aliphatic rings. The van der Waals surface area contributed by atoms with Crippen molar-refractivity contribution in [2.45, 2.75) is 20.4 Å². The second-order valence-electron chi connectivity index (χ2n) is 3.64. The van der Waals surface area contributed by atoms with Gasteiger partial charge in [0, 0.05) is 7.05 Å². The van der Waals surface area contributed by atoms with Crippen LogP contribution in [0.15, 0.2) is 0 Å². The maximum Gasteiger partial charge on any atom is 0.256 e. The molecule has 2 heterocycles. The van der Waals surface area contributed by atoms with Crippen LogP contribution in [0.1, 0.15) is 27.2 Å². The number of hydrogen-bond donors (Lipinski definition) is 0. The number of nitrogens with zero attached hydrogens (tertiary/aromatic N) is 2. The molecule has 4 heteroatoms. The maximum absolute atomic E-state index is 11.7. The van der Waals surface area contributed by atoms with Crippen molar-refractivity contribution >= 4 is 17.5 Å². The number of fused-ring (bicyclic) bond motifs is 1. The molecule has 0 unspecified atom stereocenters. The molecule has 0 spiro atoms. The van der Waals surface area contributed by atoms with Crippen molar-refractivity contribution in [3.8, 4) is 0 Å². The van der Waals surface area contributed by atoms with E-state index in [1.165, 1.54) is 0 Å². The minimum atomic E-state index is 0.0461. The molecule has 0 N–H and O–H groups in total. The Morgan fingerprint density at radius 3 is 2.64 bits per heavy atom. The van der Waals surface area contributed by atoms with Gasteiger partial charge < -0.3 is 4.90 Å². The Bertz CT molecular complexity index is 429. The fraction of sp³-hybridized carbons (Fsp3) is 0.400. The first-order valence-electron chi connectivity index (χ1n) is 4.43. The summed E-state index contributed by atoms with van der Waals surface area (Å²) in [6.45, 7) is 4.37. The molecule has 0 bridgehead atoms. The molecule has 2 rings (SSSR count). The van der Waals surface area contributed by atoms with E-state index in [4.69, 9.17) is 11.6 Å². The van der Waals surface area contributed by atoms with E-state index in [0.717, 1.165) is 22.4 Å². The molecular formula is C10H11ClN2O. The van der Waals surface area contributed by atoms with E-state index in [1.807, 2.05) is 13.8 Å². The summed E-state index contributed by atoms with van der Waals surface area (Å²) < 4.78 is 0. The van der Waals surface area contributed by atoms with Crippen molar-refractivity contribution < 1.29 is 4.79 Å². The van der Waals surface area contributed by atoms with Gasteiger partial charge in [-0.1, -0.05) is 11.6 Å². The van der Waals surface area contributed by atoms with Crippen molar-refractivity contribution in [2.75, 3.05) is 7.05 Å². The molecule has 0 saturated heterocycles. The SMILES string of the molecule is Cc1c(Cl)nc2c(c1C)C(=O)N(C)C2. The van der Waals surface area contributed by atoms with Crippen LogP contribution >= 0.6 is 11.6 Å². The Morgan fingerprint density at radius 2 is 2.00 bits per heavy atom. The highest BCUT2D eigenvalue weighted by molar-refractivity contribution is 6.30. The molecule has 14 heavy (non-hydrogen) atoms. The van der Waals surface area contributed by atoms with Gasteiger partial charge in [-0.25, -0.2) is 4.98 Å². The predicted octanol–water partition coefficient (Wildman–Crippen LogP) is 1.94. The fourth-order valence-electron chi connectivity index (χ4n) is 1.70. The zero-order valence-corrected chi connectivity index (χ0v) is 9.14. The number of pyridine rings is 1. The number of amides is 1. The lowest BCUT2D eigenvalue weighted by atomic mass is 10.1. The minimum absolute atomic E-state index is 0.0461. The smallest absolute Gasteiger partial charge is 0.256 e. The summed E-state index contributed by atoms with van der Waals surface area (Å²) in [5.41, 5.74) is 3.38. The third-order valence-electron chi connectivity index (χ3n) is 2.72. The average molecular weight is 211 g/mol. The molecule has 0 saturated carbocycles. The summed E-state index contributed by atoms with van der Waals surface area (Å²) in [7, 11) is 1.77. The Morgan fingerprint density at radius 1 is 1.36 bits per heavy atom. The number of hydrogen-bond acceptors (Lipinski definition) is 2. The Kier molecular flexibility index (Phi) is 2.00. The molecule has 0 fully saturated rings. The molecular weight excluding hydrogens is 200 g/mol.